The van der Waals surface area contributed by atoms with Gasteiger partial charge in [0.05, 0.1) is 6.10 Å². The monoisotopic (exact) mass is 229 g/mol. The second-order valence-electron chi connectivity index (χ2n) is 4.91. The van der Waals surface area contributed by atoms with Crippen molar-refractivity contribution in [3.8, 4) is 0 Å². The van der Waals surface area contributed by atoms with Crippen LogP contribution in [0.3, 0.4) is 0 Å². The Morgan fingerprint density at radius 3 is 2.19 bits per heavy atom. The van der Waals surface area contributed by atoms with Crippen LogP contribution in [0, 0.1) is 5.92 Å². The van der Waals surface area contributed by atoms with E-state index in [0.29, 0.717) is 18.1 Å². The molecule has 0 rings (SSSR count). The van der Waals surface area contributed by atoms with Crippen LogP contribution in [0.5, 0.6) is 0 Å². The van der Waals surface area contributed by atoms with Gasteiger partial charge in [-0.05, 0) is 26.3 Å². The lowest BCUT2D eigenvalue weighted by Gasteiger charge is -2.30. The first kappa shape index (κ1) is 15.9. The van der Waals surface area contributed by atoms with Crippen LogP contribution in [-0.2, 0) is 4.74 Å². The Hall–Kier alpha value is -0.0800. The summed E-state index contributed by atoms with van der Waals surface area (Å²) in [7, 11) is 2.05. The molecule has 0 aromatic heterocycles. The van der Waals surface area contributed by atoms with Gasteiger partial charge < -0.3 is 10.1 Å². The molecule has 98 valence electrons. The van der Waals surface area contributed by atoms with Crippen LogP contribution < -0.4 is 5.32 Å². The lowest BCUT2D eigenvalue weighted by molar-refractivity contribution is 0.00272. The van der Waals surface area contributed by atoms with E-state index >= 15 is 0 Å². The summed E-state index contributed by atoms with van der Waals surface area (Å²) in [5.41, 5.74) is 0. The van der Waals surface area contributed by atoms with Gasteiger partial charge in [0.1, 0.15) is 0 Å². The standard InChI is InChI=1S/C14H31NO/c1-6-8-9-10-11-13(15-5)14(12(3)4)16-7-2/h12-15H,6-11H2,1-5H3. The van der Waals surface area contributed by atoms with E-state index in [0.717, 1.165) is 6.61 Å². The molecule has 0 aromatic rings. The molecule has 1 N–H and O–H groups in total. The lowest BCUT2D eigenvalue weighted by Crippen LogP contribution is -2.42. The Morgan fingerprint density at radius 2 is 1.75 bits per heavy atom. The molecule has 0 spiro atoms. The van der Waals surface area contributed by atoms with Gasteiger partial charge in [-0.2, -0.15) is 0 Å². The molecule has 0 saturated heterocycles. The molecule has 2 atom stereocenters. The molecule has 0 aromatic carbocycles. The van der Waals surface area contributed by atoms with Crippen LogP contribution in [0.25, 0.3) is 0 Å². The molecule has 0 aliphatic heterocycles. The van der Waals surface area contributed by atoms with Gasteiger partial charge in [0.15, 0.2) is 0 Å². The van der Waals surface area contributed by atoms with Gasteiger partial charge in [-0.3, -0.25) is 0 Å². The fourth-order valence-electron chi connectivity index (χ4n) is 2.23. The summed E-state index contributed by atoms with van der Waals surface area (Å²) in [4.78, 5) is 0. The summed E-state index contributed by atoms with van der Waals surface area (Å²) >= 11 is 0. The first-order chi connectivity index (χ1) is 7.67. The number of ether oxygens (including phenoxy) is 1. The highest BCUT2D eigenvalue weighted by Gasteiger charge is 2.22. The number of hydrogen-bond donors (Lipinski definition) is 1. The smallest absolute Gasteiger partial charge is 0.0750 e. The second-order valence-corrected chi connectivity index (χ2v) is 4.91. The van der Waals surface area contributed by atoms with E-state index in [1.165, 1.54) is 32.1 Å². The topological polar surface area (TPSA) is 21.3 Å². The van der Waals surface area contributed by atoms with Gasteiger partial charge >= 0.3 is 0 Å². The highest BCUT2D eigenvalue weighted by atomic mass is 16.5. The van der Waals surface area contributed by atoms with E-state index in [2.05, 4.69) is 40.1 Å². The lowest BCUT2D eigenvalue weighted by atomic mass is 9.95. The molecular formula is C14H31NO. The Bertz CT molecular complexity index is 148. The normalized spacial score (nSPS) is 15.4. The van der Waals surface area contributed by atoms with Crippen molar-refractivity contribution in [2.75, 3.05) is 13.7 Å². The first-order valence-corrected chi connectivity index (χ1v) is 6.96. The summed E-state index contributed by atoms with van der Waals surface area (Å²) in [6, 6.07) is 0.511. The Balaban J connectivity index is 3.99. The molecule has 0 aliphatic carbocycles. The van der Waals surface area contributed by atoms with Crippen molar-refractivity contribution in [3.63, 3.8) is 0 Å². The molecule has 2 heteroatoms. The predicted octanol–water partition coefficient (Wildman–Crippen LogP) is 3.61. The van der Waals surface area contributed by atoms with E-state index in [4.69, 9.17) is 4.74 Å². The molecule has 0 bridgehead atoms. The van der Waals surface area contributed by atoms with Crippen LogP contribution in [0.4, 0.5) is 0 Å². The van der Waals surface area contributed by atoms with Gasteiger partial charge in [-0.1, -0.05) is 46.5 Å². The number of likely N-dealkylation sites (N-methyl/N-ethyl adjacent to an activating group) is 1. The molecule has 0 amide bonds. The van der Waals surface area contributed by atoms with Crippen molar-refractivity contribution in [1.29, 1.82) is 0 Å². The SMILES string of the molecule is CCCCCCC(NC)C(OCC)C(C)C. The fraction of sp³-hybridized carbons (Fsp3) is 1.00. The van der Waals surface area contributed by atoms with Crippen LogP contribution in [0.1, 0.15) is 59.8 Å². The van der Waals surface area contributed by atoms with Gasteiger partial charge in [-0.25, -0.2) is 0 Å². The van der Waals surface area contributed by atoms with Gasteiger partial charge in [-0.15, -0.1) is 0 Å². The maximum absolute atomic E-state index is 5.85. The molecule has 0 radical (unpaired) electrons. The third-order valence-corrected chi connectivity index (χ3v) is 3.15. The van der Waals surface area contributed by atoms with Crippen molar-refractivity contribution in [2.45, 2.75) is 71.9 Å². The molecular weight excluding hydrogens is 198 g/mol. The average Bonchev–Trinajstić information content (AvgIpc) is 2.27. The minimum absolute atomic E-state index is 0.358. The quantitative estimate of drug-likeness (QED) is 0.578. The van der Waals surface area contributed by atoms with E-state index in [1.54, 1.807) is 0 Å². The second kappa shape index (κ2) is 10.1. The number of rotatable bonds is 10. The van der Waals surface area contributed by atoms with Crippen LogP contribution in [0.15, 0.2) is 0 Å². The highest BCUT2D eigenvalue weighted by Crippen LogP contribution is 2.16. The molecule has 0 fully saturated rings. The summed E-state index contributed by atoms with van der Waals surface area (Å²) in [6.45, 7) is 9.65. The molecule has 2 unspecified atom stereocenters. The Kier molecular flexibility index (Phi) is 10.0. The zero-order valence-corrected chi connectivity index (χ0v) is 11.9. The molecule has 2 nitrogen and oxygen atoms in total. The van der Waals surface area contributed by atoms with Crippen LogP contribution in [-0.4, -0.2) is 25.8 Å². The predicted molar refractivity (Wildman–Crippen MR) is 71.9 cm³/mol. The third-order valence-electron chi connectivity index (χ3n) is 3.15. The van der Waals surface area contributed by atoms with Crippen LogP contribution >= 0.6 is 0 Å². The van der Waals surface area contributed by atoms with E-state index in [-0.39, 0.29) is 0 Å². The van der Waals surface area contributed by atoms with Gasteiger partial charge in [0.25, 0.3) is 0 Å². The Morgan fingerprint density at radius 1 is 1.06 bits per heavy atom. The molecule has 0 saturated carbocycles. The minimum atomic E-state index is 0.358. The Labute approximate surface area is 102 Å². The minimum Gasteiger partial charge on any atom is -0.377 e. The third kappa shape index (κ3) is 6.49. The highest BCUT2D eigenvalue weighted by molar-refractivity contribution is 4.78. The fourth-order valence-corrected chi connectivity index (χ4v) is 2.23. The summed E-state index contributed by atoms with van der Waals surface area (Å²) in [6.07, 6.45) is 6.93. The largest absolute Gasteiger partial charge is 0.377 e. The van der Waals surface area contributed by atoms with E-state index < -0.39 is 0 Å². The van der Waals surface area contributed by atoms with Gasteiger partial charge in [0.2, 0.25) is 0 Å². The maximum atomic E-state index is 5.85. The number of unbranched alkanes of at least 4 members (excludes halogenated alkanes) is 3. The molecule has 0 aliphatic rings. The first-order valence-electron chi connectivity index (χ1n) is 6.96. The molecule has 0 heterocycles. The van der Waals surface area contributed by atoms with E-state index in [1.807, 2.05) is 0 Å². The molecule has 16 heavy (non-hydrogen) atoms. The van der Waals surface area contributed by atoms with Gasteiger partial charge in [0, 0.05) is 12.6 Å². The number of nitrogens with one attached hydrogen (secondary N) is 1. The zero-order chi connectivity index (χ0) is 12.4. The van der Waals surface area contributed by atoms with E-state index in [9.17, 15) is 0 Å². The van der Waals surface area contributed by atoms with Crippen molar-refractivity contribution in [3.05, 3.63) is 0 Å². The van der Waals surface area contributed by atoms with Crippen molar-refractivity contribution < 1.29 is 4.74 Å². The van der Waals surface area contributed by atoms with Crippen molar-refractivity contribution in [1.82, 2.24) is 5.32 Å². The summed E-state index contributed by atoms with van der Waals surface area (Å²) < 4.78 is 5.85. The average molecular weight is 229 g/mol. The number of hydrogen-bond acceptors (Lipinski definition) is 2. The summed E-state index contributed by atoms with van der Waals surface area (Å²) in [5, 5.41) is 3.42. The van der Waals surface area contributed by atoms with Crippen LogP contribution in [0.2, 0.25) is 0 Å². The van der Waals surface area contributed by atoms with Crippen molar-refractivity contribution in [2.24, 2.45) is 5.92 Å². The van der Waals surface area contributed by atoms with Crippen molar-refractivity contribution >= 4 is 0 Å². The summed E-state index contributed by atoms with van der Waals surface area (Å²) in [5.74, 6) is 0.587. The zero-order valence-electron chi connectivity index (χ0n) is 11.9. The maximum Gasteiger partial charge on any atom is 0.0750 e.